The van der Waals surface area contributed by atoms with E-state index in [1.807, 2.05) is 4.57 Å². The van der Waals surface area contributed by atoms with Crippen LogP contribution in [0.1, 0.15) is 6.42 Å². The molecule has 27 heavy (non-hydrogen) atoms. The molecule has 0 atom stereocenters. The highest BCUT2D eigenvalue weighted by atomic mass is 32.2. The Balaban J connectivity index is 1.49. The van der Waals surface area contributed by atoms with Gasteiger partial charge in [-0.15, -0.1) is 0 Å². The van der Waals surface area contributed by atoms with Crippen LogP contribution in [-0.4, -0.2) is 46.1 Å². The molecule has 0 unspecified atom stereocenters. The second-order valence-electron chi connectivity index (χ2n) is 5.75. The van der Waals surface area contributed by atoms with Crippen LogP contribution in [0.5, 0.6) is 0 Å². The standard InChI is InChI=1S/C18H19N5O3S/c24-16(7-14-27(25,26)15-5-2-1-3-6-15)19-10-12-23-13-11-22-18(23)17-20-8-4-9-21-17/h1-6,8-9,11,13H,7,10,12,14H2,(H,19,24). The zero-order chi connectivity index (χ0) is 19.1. The number of carbonyl (C=O) groups is 1. The van der Waals surface area contributed by atoms with Crippen molar-refractivity contribution in [3.63, 3.8) is 0 Å². The van der Waals surface area contributed by atoms with Crippen LogP contribution in [0.2, 0.25) is 0 Å². The minimum atomic E-state index is -3.46. The summed E-state index contributed by atoms with van der Waals surface area (Å²) in [6.07, 6.45) is 6.60. The summed E-state index contributed by atoms with van der Waals surface area (Å²) in [6, 6.07) is 9.84. The fraction of sp³-hybridized carbons (Fsp3) is 0.222. The summed E-state index contributed by atoms with van der Waals surface area (Å²) in [5, 5.41) is 2.73. The summed E-state index contributed by atoms with van der Waals surface area (Å²) in [6.45, 7) is 0.825. The molecule has 3 aromatic rings. The lowest BCUT2D eigenvalue weighted by atomic mass is 10.4. The van der Waals surface area contributed by atoms with Gasteiger partial charge in [0.15, 0.2) is 21.5 Å². The van der Waals surface area contributed by atoms with Crippen molar-refractivity contribution in [1.29, 1.82) is 0 Å². The molecule has 3 rings (SSSR count). The number of amides is 1. The molecule has 2 aromatic heterocycles. The molecule has 0 aliphatic carbocycles. The summed E-state index contributed by atoms with van der Waals surface area (Å²) in [5.74, 6) is 0.572. The van der Waals surface area contributed by atoms with Crippen molar-refractivity contribution < 1.29 is 13.2 Å². The lowest BCUT2D eigenvalue weighted by molar-refractivity contribution is -0.120. The molecule has 140 valence electrons. The summed E-state index contributed by atoms with van der Waals surface area (Å²) < 4.78 is 26.2. The highest BCUT2D eigenvalue weighted by Crippen LogP contribution is 2.12. The quantitative estimate of drug-likeness (QED) is 0.627. The fourth-order valence-electron chi connectivity index (χ4n) is 2.49. The highest BCUT2D eigenvalue weighted by molar-refractivity contribution is 7.91. The molecule has 1 aromatic carbocycles. The molecule has 0 spiro atoms. The Morgan fingerprint density at radius 2 is 1.74 bits per heavy atom. The number of hydrogen-bond donors (Lipinski definition) is 1. The topological polar surface area (TPSA) is 107 Å². The first-order valence-corrected chi connectivity index (χ1v) is 10.0. The molecule has 1 amide bonds. The van der Waals surface area contributed by atoms with E-state index < -0.39 is 9.84 Å². The van der Waals surface area contributed by atoms with E-state index in [4.69, 9.17) is 0 Å². The van der Waals surface area contributed by atoms with Crippen molar-refractivity contribution in [2.45, 2.75) is 17.9 Å². The van der Waals surface area contributed by atoms with E-state index in [1.165, 1.54) is 12.1 Å². The van der Waals surface area contributed by atoms with Crippen LogP contribution >= 0.6 is 0 Å². The molecule has 0 saturated carbocycles. The van der Waals surface area contributed by atoms with Gasteiger partial charge in [-0.1, -0.05) is 18.2 Å². The molecule has 0 bridgehead atoms. The molecule has 0 aliphatic heterocycles. The van der Waals surface area contributed by atoms with Crippen LogP contribution in [0.25, 0.3) is 11.6 Å². The van der Waals surface area contributed by atoms with Gasteiger partial charge in [-0.05, 0) is 18.2 Å². The summed E-state index contributed by atoms with van der Waals surface area (Å²) >= 11 is 0. The summed E-state index contributed by atoms with van der Waals surface area (Å²) in [7, 11) is -3.46. The first-order chi connectivity index (χ1) is 13.1. The van der Waals surface area contributed by atoms with Gasteiger partial charge in [0.1, 0.15) is 0 Å². The van der Waals surface area contributed by atoms with Gasteiger partial charge in [-0.25, -0.2) is 23.4 Å². The minimum absolute atomic E-state index is 0.0875. The second-order valence-corrected chi connectivity index (χ2v) is 7.86. The zero-order valence-corrected chi connectivity index (χ0v) is 15.3. The maximum atomic E-state index is 12.2. The van der Waals surface area contributed by atoms with E-state index in [-0.39, 0.29) is 23.0 Å². The Bertz CT molecular complexity index is 988. The van der Waals surface area contributed by atoms with Crippen LogP contribution in [0.3, 0.4) is 0 Å². The van der Waals surface area contributed by atoms with Crippen LogP contribution < -0.4 is 5.32 Å². The summed E-state index contributed by atoms with van der Waals surface area (Å²) in [4.78, 5) is 24.8. The fourth-order valence-corrected chi connectivity index (χ4v) is 3.75. The normalized spacial score (nSPS) is 11.3. The van der Waals surface area contributed by atoms with E-state index in [0.29, 0.717) is 24.7 Å². The predicted octanol–water partition coefficient (Wildman–Crippen LogP) is 1.32. The molecule has 8 nitrogen and oxygen atoms in total. The number of hydrogen-bond acceptors (Lipinski definition) is 6. The Hall–Kier alpha value is -3.07. The molecule has 0 saturated heterocycles. The predicted molar refractivity (Wildman–Crippen MR) is 99.4 cm³/mol. The van der Waals surface area contributed by atoms with E-state index in [2.05, 4.69) is 20.3 Å². The van der Waals surface area contributed by atoms with Gasteiger partial charge in [0.2, 0.25) is 5.91 Å². The third-order valence-corrected chi connectivity index (χ3v) is 5.59. The minimum Gasteiger partial charge on any atom is -0.354 e. The zero-order valence-electron chi connectivity index (χ0n) is 14.5. The van der Waals surface area contributed by atoms with Gasteiger partial charge in [-0.3, -0.25) is 4.79 Å². The summed E-state index contributed by atoms with van der Waals surface area (Å²) in [5.41, 5.74) is 0. The molecule has 9 heteroatoms. The van der Waals surface area contributed by atoms with Crippen molar-refractivity contribution in [2.75, 3.05) is 12.3 Å². The molecular weight excluding hydrogens is 366 g/mol. The largest absolute Gasteiger partial charge is 0.354 e. The molecular formula is C18H19N5O3S. The van der Waals surface area contributed by atoms with Crippen molar-refractivity contribution >= 4 is 15.7 Å². The van der Waals surface area contributed by atoms with Crippen LogP contribution in [0, 0.1) is 0 Å². The number of imidazole rings is 1. The van der Waals surface area contributed by atoms with Gasteiger partial charge in [0, 0.05) is 44.3 Å². The van der Waals surface area contributed by atoms with Crippen molar-refractivity contribution in [3.05, 3.63) is 61.2 Å². The lowest BCUT2D eigenvalue weighted by Crippen LogP contribution is -2.29. The average molecular weight is 385 g/mol. The van der Waals surface area contributed by atoms with Gasteiger partial charge < -0.3 is 9.88 Å². The number of sulfone groups is 1. The number of aromatic nitrogens is 4. The van der Waals surface area contributed by atoms with E-state index in [9.17, 15) is 13.2 Å². The third kappa shape index (κ3) is 4.98. The van der Waals surface area contributed by atoms with Gasteiger partial charge in [0.25, 0.3) is 0 Å². The Labute approximate surface area is 157 Å². The van der Waals surface area contributed by atoms with Gasteiger partial charge >= 0.3 is 0 Å². The number of carbonyl (C=O) groups excluding carboxylic acids is 1. The van der Waals surface area contributed by atoms with E-state index in [1.54, 1.807) is 49.1 Å². The van der Waals surface area contributed by atoms with Gasteiger partial charge in [0.05, 0.1) is 10.6 Å². The Morgan fingerprint density at radius 1 is 1.00 bits per heavy atom. The smallest absolute Gasteiger partial charge is 0.221 e. The third-order valence-electron chi connectivity index (χ3n) is 3.86. The van der Waals surface area contributed by atoms with Crippen molar-refractivity contribution in [3.8, 4) is 11.6 Å². The number of nitrogens with one attached hydrogen (secondary N) is 1. The van der Waals surface area contributed by atoms with E-state index >= 15 is 0 Å². The lowest BCUT2D eigenvalue weighted by Gasteiger charge is -2.09. The van der Waals surface area contributed by atoms with Crippen molar-refractivity contribution in [1.82, 2.24) is 24.8 Å². The average Bonchev–Trinajstić information content (AvgIpc) is 3.16. The van der Waals surface area contributed by atoms with Crippen LogP contribution in [-0.2, 0) is 21.2 Å². The molecule has 0 radical (unpaired) electrons. The molecule has 0 aliphatic rings. The first kappa shape index (κ1) is 18.7. The molecule has 0 fully saturated rings. The van der Waals surface area contributed by atoms with Crippen LogP contribution in [0.15, 0.2) is 66.1 Å². The van der Waals surface area contributed by atoms with E-state index in [0.717, 1.165) is 0 Å². The highest BCUT2D eigenvalue weighted by Gasteiger charge is 2.16. The molecule has 1 N–H and O–H groups in total. The van der Waals surface area contributed by atoms with Crippen molar-refractivity contribution in [2.24, 2.45) is 0 Å². The second kappa shape index (κ2) is 8.54. The van der Waals surface area contributed by atoms with Crippen LogP contribution in [0.4, 0.5) is 0 Å². The van der Waals surface area contributed by atoms with Gasteiger partial charge in [-0.2, -0.15) is 0 Å². The maximum Gasteiger partial charge on any atom is 0.221 e. The number of benzene rings is 1. The number of rotatable bonds is 8. The maximum absolute atomic E-state index is 12.2. The SMILES string of the molecule is O=C(CCS(=O)(=O)c1ccccc1)NCCn1ccnc1-c1ncccn1. The Kier molecular flexibility index (Phi) is 5.92. The monoisotopic (exact) mass is 385 g/mol. The first-order valence-electron chi connectivity index (χ1n) is 8.39. The number of nitrogens with zero attached hydrogens (tertiary/aromatic N) is 4. The Morgan fingerprint density at radius 3 is 2.48 bits per heavy atom. The molecule has 2 heterocycles.